The summed E-state index contributed by atoms with van der Waals surface area (Å²) >= 11 is 5.65. The van der Waals surface area contributed by atoms with Gasteiger partial charge in [0.25, 0.3) is 5.91 Å². The molecule has 0 spiro atoms. The summed E-state index contributed by atoms with van der Waals surface area (Å²) in [6, 6.07) is 3.16. The minimum Gasteiger partial charge on any atom is -0.440 e. The van der Waals surface area contributed by atoms with Crippen LogP contribution in [-0.4, -0.2) is 59.6 Å². The zero-order chi connectivity index (χ0) is 13.1. The molecule has 0 aliphatic carbocycles. The van der Waals surface area contributed by atoms with Crippen LogP contribution in [0.15, 0.2) is 16.5 Å². The number of carbonyl (C=O) groups excluding carboxylic acids is 1. The number of halogens is 1. The SMILES string of the molecule is CC(O)CN1CCN(C(=O)c2ccc(Cl)o2)CC1. The van der Waals surface area contributed by atoms with Crippen molar-refractivity contribution in [1.29, 1.82) is 0 Å². The van der Waals surface area contributed by atoms with Gasteiger partial charge in [0.1, 0.15) is 0 Å². The largest absolute Gasteiger partial charge is 0.440 e. The van der Waals surface area contributed by atoms with Gasteiger partial charge in [-0.1, -0.05) is 0 Å². The van der Waals surface area contributed by atoms with E-state index in [4.69, 9.17) is 16.0 Å². The van der Waals surface area contributed by atoms with E-state index in [0.29, 0.717) is 19.6 Å². The zero-order valence-electron chi connectivity index (χ0n) is 10.3. The molecular formula is C12H17ClN2O3. The minimum atomic E-state index is -0.337. The lowest BCUT2D eigenvalue weighted by molar-refractivity contribution is 0.0528. The maximum Gasteiger partial charge on any atom is 0.289 e. The topological polar surface area (TPSA) is 56.9 Å². The molecule has 1 amide bonds. The summed E-state index contributed by atoms with van der Waals surface area (Å²) in [6.45, 7) is 5.24. The minimum absolute atomic E-state index is 0.126. The first-order valence-corrected chi connectivity index (χ1v) is 6.39. The summed E-state index contributed by atoms with van der Waals surface area (Å²) in [5.41, 5.74) is 0. The number of amides is 1. The molecular weight excluding hydrogens is 256 g/mol. The highest BCUT2D eigenvalue weighted by Gasteiger charge is 2.24. The number of furan rings is 1. The number of aliphatic hydroxyl groups is 1. The standard InChI is InChI=1S/C12H17ClN2O3/c1-9(16)8-14-4-6-15(7-5-14)12(17)10-2-3-11(13)18-10/h2-3,9,16H,4-8H2,1H3. The molecule has 1 atom stereocenters. The third kappa shape index (κ3) is 3.25. The average Bonchev–Trinajstić information content (AvgIpc) is 2.75. The van der Waals surface area contributed by atoms with Crippen LogP contribution >= 0.6 is 11.6 Å². The molecule has 18 heavy (non-hydrogen) atoms. The van der Waals surface area contributed by atoms with Crippen LogP contribution in [0.2, 0.25) is 5.22 Å². The van der Waals surface area contributed by atoms with Crippen LogP contribution < -0.4 is 0 Å². The summed E-state index contributed by atoms with van der Waals surface area (Å²) in [5.74, 6) is 0.155. The van der Waals surface area contributed by atoms with Crippen LogP contribution in [0.5, 0.6) is 0 Å². The van der Waals surface area contributed by atoms with Crippen molar-refractivity contribution in [3.8, 4) is 0 Å². The van der Waals surface area contributed by atoms with Crippen molar-refractivity contribution in [1.82, 2.24) is 9.80 Å². The quantitative estimate of drug-likeness (QED) is 0.894. The molecule has 0 bridgehead atoms. The molecule has 1 aliphatic rings. The molecule has 1 aromatic rings. The van der Waals surface area contributed by atoms with Gasteiger partial charge in [0.05, 0.1) is 6.10 Å². The molecule has 0 radical (unpaired) electrons. The van der Waals surface area contributed by atoms with Crippen molar-refractivity contribution >= 4 is 17.5 Å². The first kappa shape index (κ1) is 13.4. The highest BCUT2D eigenvalue weighted by atomic mass is 35.5. The van der Waals surface area contributed by atoms with Gasteiger partial charge in [-0.05, 0) is 30.7 Å². The summed E-state index contributed by atoms with van der Waals surface area (Å²) in [5, 5.41) is 9.54. The van der Waals surface area contributed by atoms with Gasteiger partial charge in [-0.25, -0.2) is 0 Å². The number of piperazine rings is 1. The van der Waals surface area contributed by atoms with E-state index in [1.54, 1.807) is 24.0 Å². The zero-order valence-corrected chi connectivity index (χ0v) is 11.1. The Bertz CT molecular complexity index is 411. The number of nitrogens with zero attached hydrogens (tertiary/aromatic N) is 2. The fraction of sp³-hybridized carbons (Fsp3) is 0.583. The number of rotatable bonds is 3. The van der Waals surface area contributed by atoms with E-state index in [9.17, 15) is 9.90 Å². The third-order valence-corrected chi connectivity index (χ3v) is 3.17. The fourth-order valence-corrected chi connectivity index (χ4v) is 2.24. The number of hydrogen-bond donors (Lipinski definition) is 1. The lowest BCUT2D eigenvalue weighted by Gasteiger charge is -2.34. The number of carbonyl (C=O) groups is 1. The summed E-state index contributed by atoms with van der Waals surface area (Å²) in [7, 11) is 0. The Morgan fingerprint density at radius 2 is 2.11 bits per heavy atom. The smallest absolute Gasteiger partial charge is 0.289 e. The molecule has 0 aromatic carbocycles. The molecule has 2 rings (SSSR count). The Morgan fingerprint density at radius 3 is 2.61 bits per heavy atom. The van der Waals surface area contributed by atoms with Crippen molar-refractivity contribution in [3.63, 3.8) is 0 Å². The second kappa shape index (κ2) is 5.73. The monoisotopic (exact) mass is 272 g/mol. The average molecular weight is 273 g/mol. The first-order chi connectivity index (χ1) is 8.56. The normalized spacial score (nSPS) is 18.9. The van der Waals surface area contributed by atoms with Gasteiger partial charge in [-0.3, -0.25) is 9.69 Å². The van der Waals surface area contributed by atoms with Crippen LogP contribution in [0.4, 0.5) is 0 Å². The van der Waals surface area contributed by atoms with Crippen LogP contribution in [-0.2, 0) is 0 Å². The van der Waals surface area contributed by atoms with Crippen LogP contribution in [0.25, 0.3) is 0 Å². The molecule has 5 nitrogen and oxygen atoms in total. The molecule has 1 aliphatic heterocycles. The van der Waals surface area contributed by atoms with E-state index in [-0.39, 0.29) is 23.0 Å². The lowest BCUT2D eigenvalue weighted by atomic mass is 10.2. The Balaban J connectivity index is 1.88. The second-order valence-electron chi connectivity index (χ2n) is 4.55. The molecule has 2 heterocycles. The van der Waals surface area contributed by atoms with Crippen molar-refractivity contribution in [3.05, 3.63) is 23.1 Å². The Hall–Kier alpha value is -1.04. The van der Waals surface area contributed by atoms with E-state index >= 15 is 0 Å². The third-order valence-electron chi connectivity index (χ3n) is 2.97. The van der Waals surface area contributed by atoms with Gasteiger partial charge in [0, 0.05) is 32.7 Å². The predicted octanol–water partition coefficient (Wildman–Crippen LogP) is 1.07. The van der Waals surface area contributed by atoms with E-state index in [1.165, 1.54) is 0 Å². The molecule has 0 saturated carbocycles. The van der Waals surface area contributed by atoms with Crippen LogP contribution in [0.1, 0.15) is 17.5 Å². The number of β-amino-alcohol motifs (C(OH)–C–C–N with tert-alkyl or cyclic N) is 1. The maximum atomic E-state index is 12.0. The van der Waals surface area contributed by atoms with E-state index in [2.05, 4.69) is 4.90 Å². The molecule has 1 unspecified atom stereocenters. The van der Waals surface area contributed by atoms with Crippen molar-refractivity contribution in [2.75, 3.05) is 32.7 Å². The fourth-order valence-electron chi connectivity index (χ4n) is 2.09. The molecule has 100 valence electrons. The Labute approximate surface area is 111 Å². The van der Waals surface area contributed by atoms with Crippen LogP contribution in [0, 0.1) is 0 Å². The molecule has 6 heteroatoms. The molecule has 1 aromatic heterocycles. The summed E-state index contributed by atoms with van der Waals surface area (Å²) < 4.78 is 5.11. The van der Waals surface area contributed by atoms with E-state index in [0.717, 1.165) is 13.1 Å². The Kier molecular flexibility index (Phi) is 4.27. The second-order valence-corrected chi connectivity index (χ2v) is 4.92. The maximum absolute atomic E-state index is 12.0. The number of hydrogen-bond acceptors (Lipinski definition) is 4. The van der Waals surface area contributed by atoms with Gasteiger partial charge in [0.2, 0.25) is 0 Å². The van der Waals surface area contributed by atoms with Gasteiger partial charge < -0.3 is 14.4 Å². The number of aliphatic hydroxyl groups excluding tert-OH is 1. The van der Waals surface area contributed by atoms with Crippen LogP contribution in [0.3, 0.4) is 0 Å². The van der Waals surface area contributed by atoms with Gasteiger partial charge in [-0.15, -0.1) is 0 Å². The Morgan fingerprint density at radius 1 is 1.44 bits per heavy atom. The van der Waals surface area contributed by atoms with E-state index < -0.39 is 0 Å². The molecule has 1 saturated heterocycles. The highest BCUT2D eigenvalue weighted by molar-refractivity contribution is 6.29. The summed E-state index contributed by atoms with van der Waals surface area (Å²) in [4.78, 5) is 15.9. The summed E-state index contributed by atoms with van der Waals surface area (Å²) in [6.07, 6.45) is -0.337. The highest BCUT2D eigenvalue weighted by Crippen LogP contribution is 2.16. The van der Waals surface area contributed by atoms with Gasteiger partial charge >= 0.3 is 0 Å². The van der Waals surface area contributed by atoms with Crippen molar-refractivity contribution in [2.24, 2.45) is 0 Å². The van der Waals surface area contributed by atoms with E-state index in [1.807, 2.05) is 0 Å². The molecule has 1 N–H and O–H groups in total. The van der Waals surface area contributed by atoms with Gasteiger partial charge in [-0.2, -0.15) is 0 Å². The predicted molar refractivity (Wildman–Crippen MR) is 67.7 cm³/mol. The molecule has 1 fully saturated rings. The van der Waals surface area contributed by atoms with Gasteiger partial charge in [0.15, 0.2) is 11.0 Å². The van der Waals surface area contributed by atoms with Crippen molar-refractivity contribution < 1.29 is 14.3 Å². The van der Waals surface area contributed by atoms with Crippen molar-refractivity contribution in [2.45, 2.75) is 13.0 Å². The first-order valence-electron chi connectivity index (χ1n) is 6.01. The lowest BCUT2D eigenvalue weighted by Crippen LogP contribution is -2.50.